The van der Waals surface area contributed by atoms with Crippen LogP contribution in [0, 0.1) is 5.82 Å². The Kier molecular flexibility index (Phi) is 4.83. The van der Waals surface area contributed by atoms with Crippen molar-refractivity contribution in [3.05, 3.63) is 52.1 Å². The maximum Gasteiger partial charge on any atom is 0.132 e. The van der Waals surface area contributed by atoms with Gasteiger partial charge in [0, 0.05) is 27.2 Å². The van der Waals surface area contributed by atoms with E-state index in [1.165, 1.54) is 24.3 Å². The summed E-state index contributed by atoms with van der Waals surface area (Å²) >= 11 is 7.62. The summed E-state index contributed by atoms with van der Waals surface area (Å²) in [7, 11) is 0. The number of hydrogen-bond acceptors (Lipinski definition) is 4. The number of benzene rings is 1. The van der Waals surface area contributed by atoms with Crippen LogP contribution in [0.5, 0.6) is 0 Å². The van der Waals surface area contributed by atoms with E-state index >= 15 is 0 Å². The Balaban J connectivity index is 2.29. The van der Waals surface area contributed by atoms with Crippen LogP contribution in [0.2, 0.25) is 5.02 Å². The number of rotatable bonds is 3. The molecule has 6 N–H and O–H groups in total. The molecular formula is C14H17ClFN3S. The molecule has 1 aliphatic rings. The maximum absolute atomic E-state index is 13.7. The van der Waals surface area contributed by atoms with Crippen molar-refractivity contribution in [1.29, 1.82) is 0 Å². The van der Waals surface area contributed by atoms with Gasteiger partial charge in [-0.3, -0.25) is 0 Å². The van der Waals surface area contributed by atoms with Crippen molar-refractivity contribution >= 4 is 29.1 Å². The average molecular weight is 314 g/mol. The summed E-state index contributed by atoms with van der Waals surface area (Å²) in [4.78, 5) is 0. The molecule has 0 amide bonds. The number of nitrogens with two attached hydrogens (primary N) is 3. The van der Waals surface area contributed by atoms with E-state index in [0.717, 1.165) is 18.6 Å². The molecule has 0 aromatic heterocycles. The van der Waals surface area contributed by atoms with Crippen LogP contribution in [-0.2, 0) is 0 Å². The van der Waals surface area contributed by atoms with E-state index in [4.69, 9.17) is 28.8 Å². The van der Waals surface area contributed by atoms with Gasteiger partial charge in [-0.05, 0) is 42.9 Å². The molecule has 0 radical (unpaired) electrons. The molecular weight excluding hydrogens is 297 g/mol. The van der Waals surface area contributed by atoms with Crippen molar-refractivity contribution in [2.75, 3.05) is 5.75 Å². The third kappa shape index (κ3) is 3.41. The van der Waals surface area contributed by atoms with Crippen LogP contribution in [0.4, 0.5) is 4.39 Å². The van der Waals surface area contributed by atoms with Crippen LogP contribution in [0.15, 0.2) is 35.7 Å². The van der Waals surface area contributed by atoms with Crippen molar-refractivity contribution in [1.82, 2.24) is 0 Å². The second kappa shape index (κ2) is 6.41. The van der Waals surface area contributed by atoms with Crippen molar-refractivity contribution in [2.45, 2.75) is 18.1 Å². The van der Waals surface area contributed by atoms with Gasteiger partial charge in [0.1, 0.15) is 5.82 Å². The SMILES string of the molecule is N/C(=C\C(N)=C(/N)C1CCCS1)c1cc(Cl)ccc1F. The van der Waals surface area contributed by atoms with Crippen LogP contribution in [-0.4, -0.2) is 11.0 Å². The number of halogens is 2. The normalized spacial score (nSPS) is 20.9. The smallest absolute Gasteiger partial charge is 0.132 e. The zero-order chi connectivity index (χ0) is 14.7. The molecule has 1 unspecified atom stereocenters. The molecule has 0 bridgehead atoms. The van der Waals surface area contributed by atoms with E-state index in [1.54, 1.807) is 11.8 Å². The van der Waals surface area contributed by atoms with Gasteiger partial charge in [-0.25, -0.2) is 4.39 Å². The van der Waals surface area contributed by atoms with Gasteiger partial charge in [0.2, 0.25) is 0 Å². The largest absolute Gasteiger partial charge is 0.399 e. The van der Waals surface area contributed by atoms with Gasteiger partial charge in [0.05, 0.1) is 5.70 Å². The van der Waals surface area contributed by atoms with E-state index in [-0.39, 0.29) is 16.5 Å². The highest BCUT2D eigenvalue weighted by Crippen LogP contribution is 2.30. The van der Waals surface area contributed by atoms with Crippen molar-refractivity contribution in [2.24, 2.45) is 17.2 Å². The van der Waals surface area contributed by atoms with Gasteiger partial charge >= 0.3 is 0 Å². The first-order chi connectivity index (χ1) is 9.49. The Hall–Kier alpha value is -1.33. The molecule has 1 saturated heterocycles. The molecule has 1 aliphatic heterocycles. The summed E-state index contributed by atoms with van der Waals surface area (Å²) in [5, 5.41) is 0.642. The standard InChI is InChI=1S/C14H17ClFN3S/c15-8-3-4-10(16)9(6-8)11(17)7-12(18)14(19)13-2-1-5-20-13/h3-4,6-7,13H,1-2,5,17-19H2/b11-7-,14-12+. The minimum atomic E-state index is -0.440. The van der Waals surface area contributed by atoms with Crippen molar-refractivity contribution in [3.8, 4) is 0 Å². The number of thioether (sulfide) groups is 1. The van der Waals surface area contributed by atoms with E-state index in [9.17, 15) is 4.39 Å². The van der Waals surface area contributed by atoms with Crippen LogP contribution in [0.1, 0.15) is 18.4 Å². The van der Waals surface area contributed by atoms with E-state index < -0.39 is 5.82 Å². The van der Waals surface area contributed by atoms with Gasteiger partial charge in [-0.15, -0.1) is 0 Å². The van der Waals surface area contributed by atoms with Gasteiger partial charge in [0.25, 0.3) is 0 Å². The van der Waals surface area contributed by atoms with Crippen molar-refractivity contribution in [3.63, 3.8) is 0 Å². The van der Waals surface area contributed by atoms with Crippen molar-refractivity contribution < 1.29 is 4.39 Å². The van der Waals surface area contributed by atoms with Gasteiger partial charge in [-0.1, -0.05) is 11.6 Å². The first-order valence-electron chi connectivity index (χ1n) is 6.28. The highest BCUT2D eigenvalue weighted by atomic mass is 35.5. The summed E-state index contributed by atoms with van der Waals surface area (Å²) in [6, 6.07) is 4.21. The Morgan fingerprint density at radius 2 is 2.10 bits per heavy atom. The fourth-order valence-electron chi connectivity index (χ4n) is 2.06. The molecule has 20 heavy (non-hydrogen) atoms. The lowest BCUT2D eigenvalue weighted by Crippen LogP contribution is -2.18. The first-order valence-corrected chi connectivity index (χ1v) is 7.71. The summed E-state index contributed by atoms with van der Waals surface area (Å²) in [6.45, 7) is 0. The molecule has 1 heterocycles. The fraction of sp³-hybridized carbons (Fsp3) is 0.286. The van der Waals surface area contributed by atoms with Gasteiger partial charge in [0.15, 0.2) is 0 Å². The van der Waals surface area contributed by atoms with Crippen LogP contribution >= 0.6 is 23.4 Å². The van der Waals surface area contributed by atoms with Crippen LogP contribution in [0.3, 0.4) is 0 Å². The minimum Gasteiger partial charge on any atom is -0.399 e. The average Bonchev–Trinajstić information content (AvgIpc) is 2.94. The maximum atomic E-state index is 13.7. The number of allylic oxidation sites excluding steroid dienone is 1. The monoisotopic (exact) mass is 313 g/mol. The molecule has 0 saturated carbocycles. The molecule has 2 rings (SSSR count). The molecule has 1 aromatic carbocycles. The fourth-order valence-corrected chi connectivity index (χ4v) is 3.50. The molecule has 0 spiro atoms. The zero-order valence-electron chi connectivity index (χ0n) is 10.9. The molecule has 1 aromatic rings. The molecule has 108 valence electrons. The lowest BCUT2D eigenvalue weighted by Gasteiger charge is -2.12. The molecule has 3 nitrogen and oxygen atoms in total. The lowest BCUT2D eigenvalue weighted by atomic mass is 10.1. The molecule has 1 fully saturated rings. The molecule has 0 aliphatic carbocycles. The quantitative estimate of drug-likeness (QED) is 0.750. The van der Waals surface area contributed by atoms with Crippen LogP contribution < -0.4 is 17.2 Å². The van der Waals surface area contributed by atoms with E-state index in [2.05, 4.69) is 0 Å². The topological polar surface area (TPSA) is 78.1 Å². The summed E-state index contributed by atoms with van der Waals surface area (Å²) < 4.78 is 13.7. The summed E-state index contributed by atoms with van der Waals surface area (Å²) in [6.07, 6.45) is 3.64. The van der Waals surface area contributed by atoms with Gasteiger partial charge in [-0.2, -0.15) is 11.8 Å². The predicted molar refractivity (Wildman–Crippen MR) is 84.5 cm³/mol. The Morgan fingerprint density at radius 1 is 1.35 bits per heavy atom. The summed E-state index contributed by atoms with van der Waals surface area (Å²) in [5.41, 5.74) is 19.3. The molecule has 1 atom stereocenters. The van der Waals surface area contributed by atoms with E-state index in [1.807, 2.05) is 0 Å². The highest BCUT2D eigenvalue weighted by molar-refractivity contribution is 8.00. The number of hydrogen-bond donors (Lipinski definition) is 3. The zero-order valence-corrected chi connectivity index (χ0v) is 12.5. The Morgan fingerprint density at radius 3 is 2.75 bits per heavy atom. The van der Waals surface area contributed by atoms with Gasteiger partial charge < -0.3 is 17.2 Å². The predicted octanol–water partition coefficient (Wildman–Crippen LogP) is 2.80. The Labute approximate surface area is 127 Å². The second-order valence-corrected chi connectivity index (χ2v) is 6.38. The first kappa shape index (κ1) is 15.1. The third-order valence-electron chi connectivity index (χ3n) is 3.16. The summed E-state index contributed by atoms with van der Waals surface area (Å²) in [5.74, 6) is 0.644. The lowest BCUT2D eigenvalue weighted by molar-refractivity contribution is 0.623. The highest BCUT2D eigenvalue weighted by Gasteiger charge is 2.19. The van der Waals surface area contributed by atoms with Crippen LogP contribution in [0.25, 0.3) is 5.70 Å². The third-order valence-corrected chi connectivity index (χ3v) is 4.81. The van der Waals surface area contributed by atoms with E-state index in [0.29, 0.717) is 16.4 Å². The molecule has 6 heteroatoms. The minimum absolute atomic E-state index is 0.216. The second-order valence-electron chi connectivity index (χ2n) is 4.64. The Bertz CT molecular complexity index is 566.